The number of hydroxylamine groups is 1. The normalized spacial score (nSPS) is 21.0. The average molecular weight is 379 g/mol. The van der Waals surface area contributed by atoms with E-state index in [1.54, 1.807) is 29.7 Å². The molecule has 28 heavy (non-hydrogen) atoms. The Morgan fingerprint density at radius 2 is 1.71 bits per heavy atom. The third kappa shape index (κ3) is 3.24. The second-order valence-electron chi connectivity index (χ2n) is 7.60. The van der Waals surface area contributed by atoms with Crippen LogP contribution < -0.4 is 10.8 Å². The molecule has 2 aromatic rings. The van der Waals surface area contributed by atoms with E-state index in [1.807, 2.05) is 6.07 Å². The standard InChI is InChI=1S/C22H25N3O3/c26-20(24-28)16-8-10-18(11-9-16)23-19-12-15-25(21(19)27)22(13-4-5-14-22)17-6-2-1-3-7-17/h1-3,6-11,19,23,28H,4-5,12-15H2,(H,24,26). The van der Waals surface area contributed by atoms with Crippen LogP contribution in [0.3, 0.4) is 0 Å². The van der Waals surface area contributed by atoms with Crippen molar-refractivity contribution >= 4 is 17.5 Å². The second kappa shape index (κ2) is 7.64. The molecule has 3 N–H and O–H groups in total. The van der Waals surface area contributed by atoms with Crippen LogP contribution in [-0.2, 0) is 10.3 Å². The zero-order valence-electron chi connectivity index (χ0n) is 15.7. The number of likely N-dealkylation sites (tertiary alicyclic amines) is 1. The molecule has 2 amide bonds. The Bertz CT molecular complexity index is 845. The van der Waals surface area contributed by atoms with Gasteiger partial charge in [0.1, 0.15) is 6.04 Å². The van der Waals surface area contributed by atoms with Gasteiger partial charge in [0.15, 0.2) is 0 Å². The number of anilines is 1. The molecular weight excluding hydrogens is 354 g/mol. The summed E-state index contributed by atoms with van der Waals surface area (Å²) >= 11 is 0. The molecular formula is C22H25N3O3. The molecule has 2 aliphatic rings. The van der Waals surface area contributed by atoms with Gasteiger partial charge in [0.2, 0.25) is 5.91 Å². The van der Waals surface area contributed by atoms with Crippen LogP contribution in [-0.4, -0.2) is 34.5 Å². The first-order valence-corrected chi connectivity index (χ1v) is 9.82. The van der Waals surface area contributed by atoms with E-state index < -0.39 is 5.91 Å². The van der Waals surface area contributed by atoms with E-state index in [0.717, 1.165) is 44.3 Å². The van der Waals surface area contributed by atoms with Crippen molar-refractivity contribution in [3.8, 4) is 0 Å². The molecule has 146 valence electrons. The molecule has 1 aliphatic heterocycles. The molecule has 1 atom stereocenters. The summed E-state index contributed by atoms with van der Waals surface area (Å²) in [6.07, 6.45) is 5.07. The van der Waals surface area contributed by atoms with Gasteiger partial charge in [-0.25, -0.2) is 5.48 Å². The van der Waals surface area contributed by atoms with Gasteiger partial charge in [-0.1, -0.05) is 43.2 Å². The molecule has 2 fully saturated rings. The van der Waals surface area contributed by atoms with Gasteiger partial charge in [0.25, 0.3) is 5.91 Å². The summed E-state index contributed by atoms with van der Waals surface area (Å²) in [5, 5.41) is 12.0. The second-order valence-corrected chi connectivity index (χ2v) is 7.60. The third-order valence-corrected chi connectivity index (χ3v) is 6.05. The van der Waals surface area contributed by atoms with Crippen molar-refractivity contribution in [2.45, 2.75) is 43.7 Å². The van der Waals surface area contributed by atoms with Crippen LogP contribution in [0.25, 0.3) is 0 Å². The summed E-state index contributed by atoms with van der Waals surface area (Å²) in [5.41, 5.74) is 3.82. The summed E-state index contributed by atoms with van der Waals surface area (Å²) in [7, 11) is 0. The Kier molecular flexibility index (Phi) is 5.05. The number of benzene rings is 2. The highest BCUT2D eigenvalue weighted by molar-refractivity contribution is 5.94. The summed E-state index contributed by atoms with van der Waals surface area (Å²) in [5.74, 6) is -0.413. The smallest absolute Gasteiger partial charge is 0.274 e. The van der Waals surface area contributed by atoms with Gasteiger partial charge in [0.05, 0.1) is 5.54 Å². The number of rotatable bonds is 5. The third-order valence-electron chi connectivity index (χ3n) is 6.05. The van der Waals surface area contributed by atoms with Crippen LogP contribution in [0, 0.1) is 0 Å². The van der Waals surface area contributed by atoms with E-state index in [0.29, 0.717) is 5.56 Å². The molecule has 0 radical (unpaired) electrons. The van der Waals surface area contributed by atoms with Crippen LogP contribution >= 0.6 is 0 Å². The Morgan fingerprint density at radius 3 is 2.36 bits per heavy atom. The fourth-order valence-electron chi connectivity index (χ4n) is 4.65. The van der Waals surface area contributed by atoms with Crippen molar-refractivity contribution in [3.05, 3.63) is 65.7 Å². The van der Waals surface area contributed by atoms with Gasteiger partial charge in [-0.2, -0.15) is 0 Å². The van der Waals surface area contributed by atoms with Gasteiger partial charge < -0.3 is 10.2 Å². The highest BCUT2D eigenvalue weighted by Gasteiger charge is 2.47. The topological polar surface area (TPSA) is 81.7 Å². The molecule has 0 spiro atoms. The molecule has 1 heterocycles. The molecule has 0 aromatic heterocycles. The molecule has 1 unspecified atom stereocenters. The van der Waals surface area contributed by atoms with Crippen molar-refractivity contribution in [1.82, 2.24) is 10.4 Å². The van der Waals surface area contributed by atoms with Crippen LogP contribution in [0.2, 0.25) is 0 Å². The molecule has 2 aromatic carbocycles. The molecule has 4 rings (SSSR count). The predicted octanol–water partition coefficient (Wildman–Crippen LogP) is 3.29. The lowest BCUT2D eigenvalue weighted by Crippen LogP contribution is -2.47. The Hall–Kier alpha value is -2.86. The maximum Gasteiger partial charge on any atom is 0.274 e. The SMILES string of the molecule is O=C(NO)c1ccc(NC2CCN(C3(c4ccccc4)CCCC3)C2=O)cc1. The molecule has 1 saturated carbocycles. The minimum Gasteiger partial charge on any atom is -0.374 e. The molecule has 0 bridgehead atoms. The first-order valence-electron chi connectivity index (χ1n) is 9.82. The number of amides is 2. The number of carbonyl (C=O) groups excluding carboxylic acids is 2. The quantitative estimate of drug-likeness (QED) is 0.550. The van der Waals surface area contributed by atoms with Gasteiger partial charge in [-0.05, 0) is 49.1 Å². The van der Waals surface area contributed by atoms with E-state index in [4.69, 9.17) is 5.21 Å². The van der Waals surface area contributed by atoms with Crippen molar-refractivity contribution in [3.63, 3.8) is 0 Å². The zero-order valence-corrected chi connectivity index (χ0v) is 15.7. The number of carbonyl (C=O) groups is 2. The first-order chi connectivity index (χ1) is 13.6. The highest BCUT2D eigenvalue weighted by atomic mass is 16.5. The van der Waals surface area contributed by atoms with Gasteiger partial charge in [-0.15, -0.1) is 0 Å². The van der Waals surface area contributed by atoms with E-state index in [-0.39, 0.29) is 17.5 Å². The van der Waals surface area contributed by atoms with Gasteiger partial charge in [0, 0.05) is 17.8 Å². The van der Waals surface area contributed by atoms with Crippen LogP contribution in [0.1, 0.15) is 48.0 Å². The molecule has 6 nitrogen and oxygen atoms in total. The Labute approximate surface area is 164 Å². The largest absolute Gasteiger partial charge is 0.374 e. The van der Waals surface area contributed by atoms with Gasteiger partial charge >= 0.3 is 0 Å². The maximum atomic E-state index is 13.3. The fraction of sp³-hybridized carbons (Fsp3) is 0.364. The number of nitrogens with one attached hydrogen (secondary N) is 2. The lowest BCUT2D eigenvalue weighted by atomic mass is 9.86. The monoisotopic (exact) mass is 379 g/mol. The maximum absolute atomic E-state index is 13.3. The Morgan fingerprint density at radius 1 is 1.04 bits per heavy atom. The number of hydrogen-bond donors (Lipinski definition) is 3. The van der Waals surface area contributed by atoms with Crippen molar-refractivity contribution in [1.29, 1.82) is 0 Å². The van der Waals surface area contributed by atoms with Crippen molar-refractivity contribution in [2.24, 2.45) is 0 Å². The average Bonchev–Trinajstić information content (AvgIpc) is 3.37. The lowest BCUT2D eigenvalue weighted by molar-refractivity contribution is -0.134. The van der Waals surface area contributed by atoms with Crippen LogP contribution in [0.4, 0.5) is 5.69 Å². The van der Waals surface area contributed by atoms with E-state index in [2.05, 4.69) is 34.5 Å². The fourth-order valence-corrected chi connectivity index (χ4v) is 4.65. The van der Waals surface area contributed by atoms with Crippen LogP contribution in [0.15, 0.2) is 54.6 Å². The summed E-state index contributed by atoms with van der Waals surface area (Å²) in [6, 6.07) is 16.9. The minimum absolute atomic E-state index is 0.142. The van der Waals surface area contributed by atoms with Crippen LogP contribution in [0.5, 0.6) is 0 Å². The van der Waals surface area contributed by atoms with E-state index >= 15 is 0 Å². The first kappa shape index (κ1) is 18.5. The number of hydrogen-bond acceptors (Lipinski definition) is 4. The molecule has 6 heteroatoms. The van der Waals surface area contributed by atoms with Crippen molar-refractivity contribution in [2.75, 3.05) is 11.9 Å². The lowest BCUT2D eigenvalue weighted by Gasteiger charge is -2.39. The number of nitrogens with zero attached hydrogens (tertiary/aromatic N) is 1. The van der Waals surface area contributed by atoms with Crippen molar-refractivity contribution < 1.29 is 14.8 Å². The summed E-state index contributed by atoms with van der Waals surface area (Å²) in [6.45, 7) is 0.746. The Balaban J connectivity index is 1.51. The highest BCUT2D eigenvalue weighted by Crippen LogP contribution is 2.45. The summed E-state index contributed by atoms with van der Waals surface area (Å²) < 4.78 is 0. The summed E-state index contributed by atoms with van der Waals surface area (Å²) in [4.78, 5) is 26.8. The van der Waals surface area contributed by atoms with Gasteiger partial charge in [-0.3, -0.25) is 14.8 Å². The van der Waals surface area contributed by atoms with E-state index in [1.165, 1.54) is 5.56 Å². The van der Waals surface area contributed by atoms with E-state index in [9.17, 15) is 9.59 Å². The molecule has 1 saturated heterocycles. The zero-order chi connectivity index (χ0) is 19.6. The molecule has 1 aliphatic carbocycles. The predicted molar refractivity (Wildman–Crippen MR) is 106 cm³/mol. The minimum atomic E-state index is -0.555.